The number of likely N-dealkylation sites (tertiary alicyclic amines) is 1. The second-order valence-electron chi connectivity index (χ2n) is 7.09. The number of allylic oxidation sites excluding steroid dienone is 3. The number of carbonyl (C=O) groups is 3. The zero-order valence-corrected chi connectivity index (χ0v) is 16.5. The smallest absolute Gasteiger partial charge is 0.337 e. The van der Waals surface area contributed by atoms with Crippen LogP contribution in [0.25, 0.3) is 0 Å². The third kappa shape index (κ3) is 3.50. The van der Waals surface area contributed by atoms with Crippen molar-refractivity contribution in [3.8, 4) is 0 Å². The molecule has 3 aliphatic rings. The Labute approximate surface area is 171 Å². The van der Waals surface area contributed by atoms with Crippen molar-refractivity contribution >= 4 is 35.2 Å². The number of fused-ring (bicyclic) bond motifs is 1. The number of urea groups is 1. The highest BCUT2D eigenvalue weighted by atomic mass is 35.5. The Morgan fingerprint density at radius 3 is 2.66 bits per heavy atom. The fourth-order valence-electron chi connectivity index (χ4n) is 3.80. The molecule has 0 radical (unpaired) electrons. The lowest BCUT2D eigenvalue weighted by atomic mass is 9.92. The monoisotopic (exact) mass is 419 g/mol. The molecule has 0 bridgehead atoms. The van der Waals surface area contributed by atoms with Gasteiger partial charge in [-0.1, -0.05) is 11.6 Å². The summed E-state index contributed by atoms with van der Waals surface area (Å²) < 4.78 is 15.1. The number of halogens is 2. The minimum atomic E-state index is -0.880. The highest BCUT2D eigenvalue weighted by Crippen LogP contribution is 2.28. The van der Waals surface area contributed by atoms with Gasteiger partial charge in [0.2, 0.25) is 5.91 Å². The topological polar surface area (TPSA) is 87.9 Å². The lowest BCUT2D eigenvalue weighted by Crippen LogP contribution is -2.54. The molecular weight excluding hydrogens is 401 g/mol. The molecule has 0 spiro atoms. The predicted molar refractivity (Wildman–Crippen MR) is 103 cm³/mol. The van der Waals surface area contributed by atoms with Gasteiger partial charge in [-0.2, -0.15) is 10.1 Å². The van der Waals surface area contributed by atoms with Crippen molar-refractivity contribution in [1.82, 2.24) is 19.6 Å². The molecule has 8 nitrogen and oxygen atoms in total. The standard InChI is InChI=1S/C19H19ClFN5O3/c1-2-25-10-14(20)16(23-25)18(28)24-7-5-12(6-8-24)26-17(27)13-9-11(21)3-4-15(13)22-19(26)29/h3-4,9-10,12-13H,2,5-8H2,1H3. The SMILES string of the molecule is CCn1cc(Cl)c(C(=O)N2CCC(N3C(=O)N=C4C=CC(F)=CC4C3=O)CC2)n1. The summed E-state index contributed by atoms with van der Waals surface area (Å²) in [7, 11) is 0. The van der Waals surface area contributed by atoms with Gasteiger partial charge in [-0.25, -0.2) is 9.18 Å². The summed E-state index contributed by atoms with van der Waals surface area (Å²) >= 11 is 6.12. The van der Waals surface area contributed by atoms with Gasteiger partial charge in [0.1, 0.15) is 11.7 Å². The number of nitrogens with zero attached hydrogens (tertiary/aromatic N) is 5. The van der Waals surface area contributed by atoms with E-state index in [2.05, 4.69) is 10.1 Å². The maximum absolute atomic E-state index is 13.6. The van der Waals surface area contributed by atoms with Gasteiger partial charge in [0.15, 0.2) is 5.69 Å². The fourth-order valence-corrected chi connectivity index (χ4v) is 4.03. The van der Waals surface area contributed by atoms with Crippen LogP contribution < -0.4 is 0 Å². The molecule has 4 rings (SSSR count). The van der Waals surface area contributed by atoms with Crippen molar-refractivity contribution in [2.24, 2.45) is 10.9 Å². The number of hydrogen-bond acceptors (Lipinski definition) is 4. The first-order valence-electron chi connectivity index (χ1n) is 9.42. The molecule has 0 N–H and O–H groups in total. The molecule has 0 saturated carbocycles. The number of piperidine rings is 1. The van der Waals surface area contributed by atoms with E-state index in [-0.39, 0.29) is 17.3 Å². The van der Waals surface area contributed by atoms with Gasteiger partial charge >= 0.3 is 6.03 Å². The molecule has 152 valence electrons. The third-order valence-corrected chi connectivity index (χ3v) is 5.63. The van der Waals surface area contributed by atoms with Crippen LogP contribution in [-0.2, 0) is 11.3 Å². The zero-order valence-electron chi connectivity index (χ0n) is 15.7. The maximum atomic E-state index is 13.6. The first-order chi connectivity index (χ1) is 13.9. The lowest BCUT2D eigenvalue weighted by molar-refractivity contribution is -0.131. The summed E-state index contributed by atoms with van der Waals surface area (Å²) in [6.45, 7) is 3.19. The van der Waals surface area contributed by atoms with E-state index < -0.39 is 29.7 Å². The summed E-state index contributed by atoms with van der Waals surface area (Å²) in [5.74, 6) is -2.16. The Balaban J connectivity index is 1.45. The summed E-state index contributed by atoms with van der Waals surface area (Å²) in [6, 6.07) is -1.04. The van der Waals surface area contributed by atoms with Crippen LogP contribution in [-0.4, -0.2) is 62.3 Å². The second kappa shape index (κ2) is 7.55. The van der Waals surface area contributed by atoms with Crippen LogP contribution in [0, 0.1) is 5.92 Å². The first-order valence-corrected chi connectivity index (χ1v) is 9.80. The number of imide groups is 1. The number of rotatable bonds is 3. The summed E-state index contributed by atoms with van der Waals surface area (Å²) in [5.41, 5.74) is 0.451. The van der Waals surface area contributed by atoms with Crippen LogP contribution in [0.5, 0.6) is 0 Å². The van der Waals surface area contributed by atoms with Crippen molar-refractivity contribution in [2.75, 3.05) is 13.1 Å². The van der Waals surface area contributed by atoms with Gasteiger partial charge in [0, 0.05) is 31.9 Å². The second-order valence-corrected chi connectivity index (χ2v) is 7.50. The predicted octanol–water partition coefficient (Wildman–Crippen LogP) is 2.60. The number of amides is 4. The van der Waals surface area contributed by atoms with Crippen LogP contribution in [0.15, 0.2) is 35.2 Å². The van der Waals surface area contributed by atoms with Crippen molar-refractivity contribution in [2.45, 2.75) is 32.4 Å². The van der Waals surface area contributed by atoms with Crippen molar-refractivity contribution in [3.05, 3.63) is 41.0 Å². The number of aromatic nitrogens is 2. The molecular formula is C19H19ClFN5O3. The summed E-state index contributed by atoms with van der Waals surface area (Å²) in [4.78, 5) is 44.6. The number of aryl methyl sites for hydroxylation is 1. The van der Waals surface area contributed by atoms with Gasteiger partial charge in [-0.05, 0) is 38.0 Å². The van der Waals surface area contributed by atoms with Gasteiger partial charge in [0.05, 0.1) is 10.7 Å². The van der Waals surface area contributed by atoms with E-state index in [1.165, 1.54) is 18.2 Å². The molecule has 1 atom stereocenters. The van der Waals surface area contributed by atoms with Crippen molar-refractivity contribution < 1.29 is 18.8 Å². The third-order valence-electron chi connectivity index (χ3n) is 5.35. The molecule has 1 saturated heterocycles. The zero-order chi connectivity index (χ0) is 20.7. The molecule has 2 aliphatic heterocycles. The molecule has 29 heavy (non-hydrogen) atoms. The quantitative estimate of drug-likeness (QED) is 0.753. The number of carbonyl (C=O) groups excluding carboxylic acids is 3. The Bertz CT molecular complexity index is 974. The Kier molecular flexibility index (Phi) is 5.08. The largest absolute Gasteiger partial charge is 0.350 e. The molecule has 1 aromatic heterocycles. The molecule has 4 amide bonds. The van der Waals surface area contributed by atoms with Crippen LogP contribution in [0.1, 0.15) is 30.3 Å². The van der Waals surface area contributed by atoms with E-state index in [1.54, 1.807) is 15.8 Å². The average molecular weight is 420 g/mol. The summed E-state index contributed by atoms with van der Waals surface area (Å²) in [5, 5.41) is 4.49. The van der Waals surface area contributed by atoms with Gasteiger partial charge in [0.25, 0.3) is 5.91 Å². The van der Waals surface area contributed by atoms with Crippen molar-refractivity contribution in [3.63, 3.8) is 0 Å². The molecule has 0 aromatic carbocycles. The average Bonchev–Trinajstić information content (AvgIpc) is 3.09. The molecule has 1 unspecified atom stereocenters. The van der Waals surface area contributed by atoms with Crippen molar-refractivity contribution in [1.29, 1.82) is 0 Å². The lowest BCUT2D eigenvalue weighted by Gasteiger charge is -2.39. The number of aliphatic imine (C=N–C) groups is 1. The molecule has 1 aromatic rings. The molecule has 3 heterocycles. The van der Waals surface area contributed by atoms with Crippen LogP contribution >= 0.6 is 11.6 Å². The van der Waals surface area contributed by atoms with E-state index >= 15 is 0 Å². The van der Waals surface area contributed by atoms with E-state index in [4.69, 9.17) is 11.6 Å². The van der Waals surface area contributed by atoms with Gasteiger partial charge in [-0.15, -0.1) is 0 Å². The van der Waals surface area contributed by atoms with Gasteiger partial charge < -0.3 is 4.90 Å². The van der Waals surface area contributed by atoms with E-state index in [0.717, 1.165) is 4.90 Å². The van der Waals surface area contributed by atoms with Crippen LogP contribution in [0.2, 0.25) is 5.02 Å². The number of hydrogen-bond donors (Lipinski definition) is 0. The maximum Gasteiger partial charge on any atom is 0.350 e. The Morgan fingerprint density at radius 2 is 2.00 bits per heavy atom. The van der Waals surface area contributed by atoms with Crippen LogP contribution in [0.3, 0.4) is 0 Å². The minimum absolute atomic E-state index is 0.195. The highest BCUT2D eigenvalue weighted by Gasteiger charge is 2.42. The van der Waals surface area contributed by atoms with E-state index in [0.29, 0.717) is 37.5 Å². The van der Waals surface area contributed by atoms with Gasteiger partial charge in [-0.3, -0.25) is 19.2 Å². The first kappa shape index (κ1) is 19.5. The molecule has 1 aliphatic carbocycles. The molecule has 1 fully saturated rings. The van der Waals surface area contributed by atoms with E-state index in [1.807, 2.05) is 6.92 Å². The van der Waals surface area contributed by atoms with E-state index in [9.17, 15) is 18.8 Å². The van der Waals surface area contributed by atoms with Crippen LogP contribution in [0.4, 0.5) is 9.18 Å². The Morgan fingerprint density at radius 1 is 1.28 bits per heavy atom. The molecule has 10 heteroatoms. The highest BCUT2D eigenvalue weighted by molar-refractivity contribution is 6.33. The normalized spacial score (nSPS) is 22.5. The fraction of sp³-hybridized carbons (Fsp3) is 0.421. The summed E-state index contributed by atoms with van der Waals surface area (Å²) in [6.07, 6.45) is 6.14. The minimum Gasteiger partial charge on any atom is -0.337 e. The Hall–Kier alpha value is -2.81.